The molecule has 1 N–H and O–H groups in total. The van der Waals surface area contributed by atoms with Gasteiger partial charge in [0.15, 0.2) is 0 Å². The molecule has 0 aliphatic carbocycles. The second-order valence-electron chi connectivity index (χ2n) is 6.46. The average molecular weight is 349 g/mol. The largest absolute Gasteiger partial charge is 0.507 e. The van der Waals surface area contributed by atoms with Crippen LogP contribution < -0.4 is 15.5 Å². The highest BCUT2D eigenvalue weighted by atomic mass is 31.1. The van der Waals surface area contributed by atoms with Crippen molar-refractivity contribution in [2.24, 2.45) is 0 Å². The van der Waals surface area contributed by atoms with E-state index in [2.05, 4.69) is 74.3 Å². The van der Waals surface area contributed by atoms with Gasteiger partial charge in [-0.15, -0.1) is 0 Å². The van der Waals surface area contributed by atoms with Crippen molar-refractivity contribution in [2.75, 3.05) is 11.9 Å². The van der Waals surface area contributed by atoms with E-state index >= 15 is 0 Å². The second kappa shape index (κ2) is 7.72. The lowest BCUT2D eigenvalue weighted by Gasteiger charge is -2.24. The molecule has 0 spiro atoms. The molecule has 128 valence electrons. The molecule has 0 amide bonds. The van der Waals surface area contributed by atoms with Gasteiger partial charge < -0.3 is 10.0 Å². The zero-order valence-corrected chi connectivity index (χ0v) is 16.0. The van der Waals surface area contributed by atoms with Gasteiger partial charge >= 0.3 is 0 Å². The van der Waals surface area contributed by atoms with Crippen LogP contribution in [0.15, 0.2) is 66.7 Å². The van der Waals surface area contributed by atoms with E-state index in [4.69, 9.17) is 0 Å². The molecule has 0 saturated heterocycles. The van der Waals surface area contributed by atoms with E-state index in [1.165, 1.54) is 27.7 Å². The molecule has 0 saturated carbocycles. The van der Waals surface area contributed by atoms with E-state index in [-0.39, 0.29) is 0 Å². The van der Waals surface area contributed by atoms with Crippen LogP contribution in [-0.4, -0.2) is 12.2 Å². The number of benzene rings is 3. The minimum atomic E-state index is 0.379. The molecular weight excluding hydrogens is 325 g/mol. The number of hydrogen-bond donors (Lipinski definition) is 1. The predicted octanol–water partition coefficient (Wildman–Crippen LogP) is 4.27. The van der Waals surface area contributed by atoms with Crippen molar-refractivity contribution in [3.05, 3.63) is 83.4 Å². The van der Waals surface area contributed by atoms with Gasteiger partial charge in [0, 0.05) is 29.9 Å². The molecule has 0 aliphatic heterocycles. The van der Waals surface area contributed by atoms with Crippen molar-refractivity contribution in [1.29, 1.82) is 0 Å². The number of aryl methyl sites for hydroxylation is 2. The first-order chi connectivity index (χ1) is 12.0. The monoisotopic (exact) mass is 349 g/mol. The van der Waals surface area contributed by atoms with Gasteiger partial charge in [-0.25, -0.2) is 0 Å². The molecule has 25 heavy (non-hydrogen) atoms. The van der Waals surface area contributed by atoms with Crippen LogP contribution in [0.3, 0.4) is 0 Å². The van der Waals surface area contributed by atoms with Crippen LogP contribution in [-0.2, 0) is 6.54 Å². The van der Waals surface area contributed by atoms with Gasteiger partial charge in [-0.05, 0) is 43.2 Å². The van der Waals surface area contributed by atoms with Crippen LogP contribution in [0.2, 0.25) is 0 Å². The predicted molar refractivity (Wildman–Crippen MR) is 110 cm³/mol. The summed E-state index contributed by atoms with van der Waals surface area (Å²) >= 11 is 0. The standard InChI is InChI=1S/C22H24NOP/c1-16-12-13-20(24)21(14-16)25-22-17(2)8-7-11-19(22)23(3)15-18-9-5-4-6-10-18/h4-14,24-25H,15H2,1-3H3. The summed E-state index contributed by atoms with van der Waals surface area (Å²) in [5, 5.41) is 12.5. The van der Waals surface area contributed by atoms with Crippen LogP contribution in [0, 0.1) is 13.8 Å². The maximum Gasteiger partial charge on any atom is 0.123 e. The van der Waals surface area contributed by atoms with Gasteiger partial charge in [-0.3, -0.25) is 0 Å². The molecular formula is C22H24NOP. The smallest absolute Gasteiger partial charge is 0.123 e. The van der Waals surface area contributed by atoms with E-state index in [1.54, 1.807) is 6.07 Å². The summed E-state index contributed by atoms with van der Waals surface area (Å²) in [6.07, 6.45) is 0. The quantitative estimate of drug-likeness (QED) is 0.695. The fraction of sp³-hybridized carbons (Fsp3) is 0.182. The van der Waals surface area contributed by atoms with Gasteiger partial charge in [0.05, 0.1) is 0 Å². The Morgan fingerprint density at radius 2 is 1.68 bits per heavy atom. The highest BCUT2D eigenvalue weighted by Crippen LogP contribution is 2.27. The zero-order chi connectivity index (χ0) is 17.8. The van der Waals surface area contributed by atoms with E-state index in [0.717, 1.165) is 11.8 Å². The normalized spacial score (nSPS) is 11.2. The Morgan fingerprint density at radius 3 is 2.44 bits per heavy atom. The Hall–Kier alpha value is -2.31. The number of rotatable bonds is 5. The second-order valence-corrected chi connectivity index (χ2v) is 7.74. The molecule has 0 fully saturated rings. The maximum atomic E-state index is 10.2. The average Bonchev–Trinajstić information content (AvgIpc) is 2.60. The van der Waals surface area contributed by atoms with E-state index in [9.17, 15) is 5.11 Å². The minimum absolute atomic E-state index is 0.379. The number of aromatic hydroxyl groups is 1. The fourth-order valence-corrected chi connectivity index (χ4v) is 4.42. The lowest BCUT2D eigenvalue weighted by atomic mass is 10.1. The number of phenolic OH excluding ortho intramolecular Hbond substituents is 1. The Bertz CT molecular complexity index is 861. The van der Waals surface area contributed by atoms with E-state index in [0.29, 0.717) is 14.3 Å². The van der Waals surface area contributed by atoms with Crippen molar-refractivity contribution < 1.29 is 5.11 Å². The SMILES string of the molecule is Cc1ccc(O)c(Pc2c(C)cccc2N(C)Cc2ccccc2)c1. The third-order valence-electron chi connectivity index (χ3n) is 4.34. The highest BCUT2D eigenvalue weighted by molar-refractivity contribution is 7.56. The van der Waals surface area contributed by atoms with Crippen molar-refractivity contribution in [3.8, 4) is 5.75 Å². The molecule has 3 aromatic rings. The van der Waals surface area contributed by atoms with Crippen molar-refractivity contribution in [2.45, 2.75) is 20.4 Å². The van der Waals surface area contributed by atoms with E-state index < -0.39 is 0 Å². The summed E-state index contributed by atoms with van der Waals surface area (Å²) in [7, 11) is 2.56. The summed E-state index contributed by atoms with van der Waals surface area (Å²) < 4.78 is 0. The third kappa shape index (κ3) is 4.21. The molecule has 0 aromatic heterocycles. The molecule has 3 heteroatoms. The molecule has 3 aromatic carbocycles. The Kier molecular flexibility index (Phi) is 5.40. The molecule has 0 heterocycles. The van der Waals surface area contributed by atoms with Gasteiger partial charge in [0.1, 0.15) is 5.75 Å². The summed E-state index contributed by atoms with van der Waals surface area (Å²) in [4.78, 5) is 2.29. The summed E-state index contributed by atoms with van der Waals surface area (Å²) in [6.45, 7) is 5.07. The van der Waals surface area contributed by atoms with Crippen LogP contribution in [0.1, 0.15) is 16.7 Å². The first kappa shape index (κ1) is 17.5. The summed E-state index contributed by atoms with van der Waals surface area (Å²) in [5.41, 5.74) is 4.95. The molecule has 0 bridgehead atoms. The number of hydrogen-bond acceptors (Lipinski definition) is 2. The molecule has 2 nitrogen and oxygen atoms in total. The molecule has 0 aliphatic rings. The number of phenols is 1. The molecule has 1 unspecified atom stereocenters. The van der Waals surface area contributed by atoms with Gasteiger partial charge in [0.25, 0.3) is 0 Å². The zero-order valence-electron chi connectivity index (χ0n) is 15.0. The van der Waals surface area contributed by atoms with Crippen LogP contribution in [0.4, 0.5) is 5.69 Å². The Labute approximate surface area is 151 Å². The first-order valence-electron chi connectivity index (χ1n) is 8.46. The van der Waals surface area contributed by atoms with Crippen molar-refractivity contribution >= 4 is 24.9 Å². The number of anilines is 1. The summed E-state index contributed by atoms with van der Waals surface area (Å²) in [6, 6.07) is 22.8. The molecule has 0 radical (unpaired) electrons. The van der Waals surface area contributed by atoms with Crippen LogP contribution >= 0.6 is 8.58 Å². The lowest BCUT2D eigenvalue weighted by Crippen LogP contribution is -2.23. The van der Waals surface area contributed by atoms with Crippen molar-refractivity contribution in [1.82, 2.24) is 0 Å². The van der Waals surface area contributed by atoms with Crippen molar-refractivity contribution in [3.63, 3.8) is 0 Å². The fourth-order valence-electron chi connectivity index (χ4n) is 2.96. The molecule has 3 rings (SSSR count). The molecule has 1 atom stereocenters. The lowest BCUT2D eigenvalue weighted by molar-refractivity contribution is 0.479. The van der Waals surface area contributed by atoms with Crippen LogP contribution in [0.5, 0.6) is 5.75 Å². The maximum absolute atomic E-state index is 10.2. The van der Waals surface area contributed by atoms with Gasteiger partial charge in [-0.1, -0.05) is 62.7 Å². The van der Waals surface area contributed by atoms with Gasteiger partial charge in [0.2, 0.25) is 0 Å². The van der Waals surface area contributed by atoms with E-state index in [1.807, 2.05) is 12.1 Å². The Balaban J connectivity index is 1.93. The minimum Gasteiger partial charge on any atom is -0.507 e. The number of nitrogens with zero attached hydrogens (tertiary/aromatic N) is 1. The highest BCUT2D eigenvalue weighted by Gasteiger charge is 2.13. The summed E-state index contributed by atoms with van der Waals surface area (Å²) in [5.74, 6) is 0.379. The third-order valence-corrected chi connectivity index (χ3v) is 5.91. The van der Waals surface area contributed by atoms with Gasteiger partial charge in [-0.2, -0.15) is 0 Å². The topological polar surface area (TPSA) is 23.5 Å². The van der Waals surface area contributed by atoms with Crippen LogP contribution in [0.25, 0.3) is 0 Å². The first-order valence-corrected chi connectivity index (χ1v) is 9.46. The Morgan fingerprint density at radius 1 is 0.920 bits per heavy atom.